The lowest BCUT2D eigenvalue weighted by atomic mass is 9.99. The highest BCUT2D eigenvalue weighted by Gasteiger charge is 2.54. The van der Waals surface area contributed by atoms with Crippen LogP contribution in [0.1, 0.15) is 76.2 Å². The van der Waals surface area contributed by atoms with Crippen LogP contribution in [-0.4, -0.2) is 72.8 Å². The highest BCUT2D eigenvalue weighted by atomic mass is 32.2. The van der Waals surface area contributed by atoms with E-state index in [1.807, 2.05) is 17.0 Å². The Morgan fingerprint density at radius 2 is 1.77 bits per heavy atom. The van der Waals surface area contributed by atoms with Gasteiger partial charge in [-0.1, -0.05) is 37.6 Å². The zero-order chi connectivity index (χ0) is 31.2. The molecule has 0 unspecified atom stereocenters. The number of sulfonamides is 1. The Bertz CT molecular complexity index is 1530. The summed E-state index contributed by atoms with van der Waals surface area (Å²) in [5, 5.41) is 0.608. The van der Waals surface area contributed by atoms with Gasteiger partial charge in [-0.3, -0.25) is 14.6 Å². The lowest BCUT2D eigenvalue weighted by molar-refractivity contribution is -0.134. The molecule has 0 atom stereocenters. The number of rotatable bonds is 16. The average Bonchev–Trinajstić information content (AvgIpc) is 3.71. The highest BCUT2D eigenvalue weighted by Crippen LogP contribution is 2.49. The van der Waals surface area contributed by atoms with Crippen LogP contribution in [0.25, 0.3) is 0 Å². The molecule has 0 aliphatic heterocycles. The van der Waals surface area contributed by atoms with Gasteiger partial charge < -0.3 is 9.64 Å². The molecule has 1 aliphatic rings. The molecule has 232 valence electrons. The number of pyridine rings is 1. The molecule has 9 nitrogen and oxygen atoms in total. The number of nitrogens with zero attached hydrogens (tertiary/aromatic N) is 4. The maximum atomic E-state index is 14.2. The van der Waals surface area contributed by atoms with Gasteiger partial charge in [0.05, 0.1) is 31.0 Å². The lowest BCUT2D eigenvalue weighted by Crippen LogP contribution is -2.40. The molecule has 0 bridgehead atoms. The van der Waals surface area contributed by atoms with Crippen LogP contribution in [0, 0.1) is 6.92 Å². The first-order chi connectivity index (χ1) is 20.5. The van der Waals surface area contributed by atoms with Crippen LogP contribution in [0.5, 0.6) is 5.75 Å². The van der Waals surface area contributed by atoms with Crippen molar-refractivity contribution in [3.05, 3.63) is 75.0 Å². The second-order valence-corrected chi connectivity index (χ2v) is 14.9. The first-order valence-electron chi connectivity index (χ1n) is 14.8. The van der Waals surface area contributed by atoms with Crippen molar-refractivity contribution >= 4 is 33.1 Å². The number of benzene rings is 1. The maximum absolute atomic E-state index is 14.2. The number of thiazole rings is 1. The average molecular weight is 627 g/mol. The van der Waals surface area contributed by atoms with E-state index in [-0.39, 0.29) is 18.1 Å². The second-order valence-electron chi connectivity index (χ2n) is 11.4. The molecular formula is C32H42N4O5S2. The molecule has 0 radical (unpaired) electrons. The molecule has 0 N–H and O–H groups in total. The first-order valence-corrected chi connectivity index (χ1v) is 17.2. The predicted molar refractivity (Wildman–Crippen MR) is 169 cm³/mol. The van der Waals surface area contributed by atoms with Crippen LogP contribution in [0.4, 0.5) is 0 Å². The van der Waals surface area contributed by atoms with Crippen LogP contribution in [0.2, 0.25) is 0 Å². The van der Waals surface area contributed by atoms with Crippen molar-refractivity contribution in [1.29, 1.82) is 0 Å². The molecule has 1 fully saturated rings. The molecule has 2 heterocycles. The summed E-state index contributed by atoms with van der Waals surface area (Å²) in [6.07, 6.45) is 8.04. The Hall–Kier alpha value is -3.15. The molecule has 11 heteroatoms. The summed E-state index contributed by atoms with van der Waals surface area (Å²) in [6.45, 7) is 4.72. The fourth-order valence-corrected chi connectivity index (χ4v) is 6.84. The normalized spacial score (nSPS) is 14.1. The minimum Gasteiger partial charge on any atom is -0.495 e. The van der Waals surface area contributed by atoms with Gasteiger partial charge in [-0.05, 0) is 68.7 Å². The van der Waals surface area contributed by atoms with Crippen molar-refractivity contribution in [1.82, 2.24) is 19.2 Å². The maximum Gasteiger partial charge on any atom is 0.235 e. The van der Waals surface area contributed by atoms with E-state index < -0.39 is 27.0 Å². The van der Waals surface area contributed by atoms with E-state index in [2.05, 4.69) is 41.2 Å². The summed E-state index contributed by atoms with van der Waals surface area (Å²) in [5.41, 5.74) is 2.78. The Kier molecular flexibility index (Phi) is 10.7. The van der Waals surface area contributed by atoms with Crippen molar-refractivity contribution in [3.63, 3.8) is 0 Å². The number of carbonyl (C=O) groups excluding carboxylic acids is 2. The SMILES string of the molecule is CCCCc1cccc(CCCN(Cc2nc(C(=O)CS(=O)(=O)N(C)C)c(C)s2)C(=O)C2(c3ccc(OC)cn3)CC2)c1. The van der Waals surface area contributed by atoms with E-state index in [4.69, 9.17) is 4.74 Å². The number of hydrogen-bond acceptors (Lipinski definition) is 8. The number of aryl methyl sites for hydroxylation is 3. The Balaban J connectivity index is 1.54. The molecule has 1 aromatic carbocycles. The van der Waals surface area contributed by atoms with Crippen molar-refractivity contribution in [3.8, 4) is 5.75 Å². The van der Waals surface area contributed by atoms with E-state index in [0.717, 1.165) is 42.1 Å². The molecule has 0 spiro atoms. The number of carbonyl (C=O) groups is 2. The van der Waals surface area contributed by atoms with E-state index in [1.165, 1.54) is 36.6 Å². The van der Waals surface area contributed by atoms with Crippen molar-refractivity contribution in [2.24, 2.45) is 0 Å². The minimum atomic E-state index is -3.72. The molecule has 1 amide bonds. The van der Waals surface area contributed by atoms with Gasteiger partial charge >= 0.3 is 0 Å². The van der Waals surface area contributed by atoms with Gasteiger partial charge in [0.15, 0.2) is 5.78 Å². The number of unbranched alkanes of at least 4 members (excludes halogenated alkanes) is 1. The van der Waals surface area contributed by atoms with Gasteiger partial charge in [-0.2, -0.15) is 0 Å². The van der Waals surface area contributed by atoms with Gasteiger partial charge in [0.2, 0.25) is 15.9 Å². The van der Waals surface area contributed by atoms with Crippen molar-refractivity contribution in [2.75, 3.05) is 33.5 Å². The second kappa shape index (κ2) is 14.1. The van der Waals surface area contributed by atoms with Gasteiger partial charge in [0.25, 0.3) is 0 Å². The molecule has 2 aromatic heterocycles. The van der Waals surface area contributed by atoms with E-state index in [9.17, 15) is 18.0 Å². The molecule has 4 rings (SSSR count). The number of ether oxygens (including phenoxy) is 1. The zero-order valence-corrected chi connectivity index (χ0v) is 27.4. The Morgan fingerprint density at radius 3 is 2.35 bits per heavy atom. The molecule has 43 heavy (non-hydrogen) atoms. The number of aromatic nitrogens is 2. The van der Waals surface area contributed by atoms with Gasteiger partial charge in [0, 0.05) is 25.5 Å². The monoisotopic (exact) mass is 626 g/mol. The Labute approximate surface area is 259 Å². The molecule has 1 aliphatic carbocycles. The van der Waals surface area contributed by atoms with E-state index in [0.29, 0.717) is 35.0 Å². The van der Waals surface area contributed by atoms with Gasteiger partial charge in [0.1, 0.15) is 22.2 Å². The lowest BCUT2D eigenvalue weighted by Gasteiger charge is -2.27. The summed E-state index contributed by atoms with van der Waals surface area (Å²) in [7, 11) is 0.671. The van der Waals surface area contributed by atoms with Gasteiger partial charge in [-0.15, -0.1) is 11.3 Å². The standard InChI is InChI=1S/C32H42N4O5S2/c1-6-7-10-24-11-8-12-25(19-24)13-9-18-36(31(38)32(16-17-32)28-15-14-26(41-5)20-33-28)21-29-34-30(23(2)42-29)27(37)22-43(39,40)35(3)4/h8,11-12,14-15,19-20H,6-7,9-10,13,16-18,21-22H2,1-5H3. The summed E-state index contributed by atoms with van der Waals surface area (Å²) < 4.78 is 30.9. The Morgan fingerprint density at radius 1 is 1.07 bits per heavy atom. The molecule has 3 aromatic rings. The fraction of sp³-hybridized carbons (Fsp3) is 0.500. The third-order valence-electron chi connectivity index (χ3n) is 7.91. The number of hydrogen-bond donors (Lipinski definition) is 0. The van der Waals surface area contributed by atoms with Crippen molar-refractivity contribution < 1.29 is 22.7 Å². The summed E-state index contributed by atoms with van der Waals surface area (Å²) >= 11 is 1.33. The first kappa shape index (κ1) is 32.8. The van der Waals surface area contributed by atoms with Crippen LogP contribution < -0.4 is 4.74 Å². The van der Waals surface area contributed by atoms with Crippen LogP contribution >= 0.6 is 11.3 Å². The summed E-state index contributed by atoms with van der Waals surface area (Å²) in [4.78, 5) is 38.6. The summed E-state index contributed by atoms with van der Waals surface area (Å²) in [5.74, 6) is -0.555. The van der Waals surface area contributed by atoms with Crippen molar-refractivity contribution in [2.45, 2.75) is 70.8 Å². The topological polar surface area (TPSA) is 110 Å². The number of amides is 1. The number of ketones is 1. The third kappa shape index (κ3) is 8.07. The molecule has 0 saturated heterocycles. The van der Waals surface area contributed by atoms with Crippen LogP contribution in [-0.2, 0) is 39.6 Å². The minimum absolute atomic E-state index is 0.00206. The summed E-state index contributed by atoms with van der Waals surface area (Å²) in [6, 6.07) is 12.4. The molecule has 1 saturated carbocycles. The van der Waals surface area contributed by atoms with Crippen LogP contribution in [0.3, 0.4) is 0 Å². The number of Topliss-reactive ketones (excluding diaryl/α,β-unsaturated/α-hetero) is 1. The quantitative estimate of drug-likeness (QED) is 0.207. The predicted octanol–water partition coefficient (Wildman–Crippen LogP) is 4.97. The number of methoxy groups -OCH3 is 1. The van der Waals surface area contributed by atoms with E-state index in [1.54, 1.807) is 20.2 Å². The third-order valence-corrected chi connectivity index (χ3v) is 10.6. The smallest absolute Gasteiger partial charge is 0.235 e. The zero-order valence-electron chi connectivity index (χ0n) is 25.8. The largest absolute Gasteiger partial charge is 0.495 e. The van der Waals surface area contributed by atoms with Gasteiger partial charge in [-0.25, -0.2) is 17.7 Å². The highest BCUT2D eigenvalue weighted by molar-refractivity contribution is 7.89. The molecular weight excluding hydrogens is 585 g/mol. The van der Waals surface area contributed by atoms with E-state index >= 15 is 0 Å². The fourth-order valence-electron chi connectivity index (χ4n) is 5.14. The van der Waals surface area contributed by atoms with Crippen LogP contribution in [0.15, 0.2) is 42.6 Å².